The fourth-order valence-electron chi connectivity index (χ4n) is 1.82. The largest absolute Gasteiger partial charge is 0.416 e. The molecule has 22 heavy (non-hydrogen) atoms. The Bertz CT molecular complexity index is 642. The first-order valence-electron chi connectivity index (χ1n) is 5.74. The first kappa shape index (κ1) is 17.3. The van der Waals surface area contributed by atoms with E-state index >= 15 is 0 Å². The second-order valence-electron chi connectivity index (χ2n) is 4.38. The van der Waals surface area contributed by atoms with E-state index in [1.165, 1.54) is 0 Å². The summed E-state index contributed by atoms with van der Waals surface area (Å²) < 4.78 is 77.2. The highest BCUT2D eigenvalue weighted by Gasteiger charge is 2.33. The van der Waals surface area contributed by atoms with Crippen molar-refractivity contribution in [1.82, 2.24) is 0 Å². The predicted octanol–water partition coefficient (Wildman–Crippen LogP) is 6.92. The summed E-state index contributed by atoms with van der Waals surface area (Å²) in [5, 5.41) is 0. The molecule has 0 nitrogen and oxygen atoms in total. The quantitative estimate of drug-likeness (QED) is 0.416. The molecule has 0 radical (unpaired) electrons. The van der Waals surface area contributed by atoms with Gasteiger partial charge in [-0.2, -0.15) is 26.3 Å². The van der Waals surface area contributed by atoms with Gasteiger partial charge in [0.25, 0.3) is 0 Å². The Labute approximate surface area is 138 Å². The van der Waals surface area contributed by atoms with E-state index in [-0.39, 0.29) is 20.1 Å². The van der Waals surface area contributed by atoms with Gasteiger partial charge in [0, 0.05) is 8.95 Å². The highest BCUT2D eigenvalue weighted by Crippen LogP contribution is 2.41. The molecular weight excluding hydrogens is 442 g/mol. The van der Waals surface area contributed by atoms with Crippen LogP contribution in [0.5, 0.6) is 0 Å². The van der Waals surface area contributed by atoms with Gasteiger partial charge in [0.2, 0.25) is 0 Å². The summed E-state index contributed by atoms with van der Waals surface area (Å²) in [6.45, 7) is 0. The molecule has 2 rings (SSSR count). The molecule has 0 aliphatic heterocycles. The molecule has 0 aliphatic carbocycles. The van der Waals surface area contributed by atoms with Crippen LogP contribution in [-0.4, -0.2) is 0 Å². The number of alkyl halides is 6. The number of hydrogen-bond donors (Lipinski definition) is 0. The van der Waals surface area contributed by atoms with E-state index in [9.17, 15) is 26.3 Å². The molecule has 0 spiro atoms. The van der Waals surface area contributed by atoms with Crippen LogP contribution < -0.4 is 0 Å². The summed E-state index contributed by atoms with van der Waals surface area (Å²) in [6.07, 6.45) is -9.16. The molecule has 0 fully saturated rings. The number of benzene rings is 2. The van der Waals surface area contributed by atoms with Crippen LogP contribution in [0.15, 0.2) is 45.3 Å². The maximum absolute atomic E-state index is 12.8. The summed E-state index contributed by atoms with van der Waals surface area (Å²) in [6, 6.07) is 5.65. The van der Waals surface area contributed by atoms with Crippen molar-refractivity contribution in [1.29, 1.82) is 0 Å². The van der Waals surface area contributed by atoms with Gasteiger partial charge >= 0.3 is 12.4 Å². The van der Waals surface area contributed by atoms with E-state index in [4.69, 9.17) is 0 Å². The average Bonchev–Trinajstić information content (AvgIpc) is 2.37. The van der Waals surface area contributed by atoms with Gasteiger partial charge in [-0.05, 0) is 47.5 Å². The molecule has 0 aromatic heterocycles. The molecule has 0 atom stereocenters. The zero-order chi connectivity index (χ0) is 16.7. The van der Waals surface area contributed by atoms with E-state index in [0.717, 1.165) is 36.4 Å². The van der Waals surface area contributed by atoms with Gasteiger partial charge in [-0.15, -0.1) is 0 Å². The Kier molecular flexibility index (Phi) is 4.64. The zero-order valence-electron chi connectivity index (χ0n) is 10.5. The Morgan fingerprint density at radius 3 is 1.18 bits per heavy atom. The fourth-order valence-corrected chi connectivity index (χ4v) is 2.74. The van der Waals surface area contributed by atoms with Crippen molar-refractivity contribution in [2.24, 2.45) is 0 Å². The van der Waals surface area contributed by atoms with Crippen LogP contribution in [0.1, 0.15) is 11.1 Å². The maximum atomic E-state index is 12.8. The van der Waals surface area contributed by atoms with E-state index in [2.05, 4.69) is 31.9 Å². The zero-order valence-corrected chi connectivity index (χ0v) is 13.7. The second kappa shape index (κ2) is 5.88. The topological polar surface area (TPSA) is 0 Å². The van der Waals surface area contributed by atoms with E-state index in [1.807, 2.05) is 0 Å². The summed E-state index contributed by atoms with van der Waals surface area (Å²) in [4.78, 5) is 0. The van der Waals surface area contributed by atoms with Crippen LogP contribution in [0.25, 0.3) is 11.1 Å². The molecule has 0 aliphatic rings. The molecular formula is C14H6Br2F6. The van der Waals surface area contributed by atoms with Crippen molar-refractivity contribution in [2.75, 3.05) is 0 Å². The van der Waals surface area contributed by atoms with Gasteiger partial charge in [-0.25, -0.2) is 0 Å². The van der Waals surface area contributed by atoms with E-state index in [1.54, 1.807) is 0 Å². The second-order valence-corrected chi connectivity index (χ2v) is 6.09. The molecule has 2 aromatic carbocycles. The number of hydrogen-bond acceptors (Lipinski definition) is 0. The van der Waals surface area contributed by atoms with Crippen LogP contribution in [0, 0.1) is 0 Å². The van der Waals surface area contributed by atoms with Crippen LogP contribution >= 0.6 is 31.9 Å². The van der Waals surface area contributed by atoms with Gasteiger partial charge < -0.3 is 0 Å². The fraction of sp³-hybridized carbons (Fsp3) is 0.143. The van der Waals surface area contributed by atoms with Crippen LogP contribution in [0.4, 0.5) is 26.3 Å². The van der Waals surface area contributed by atoms with E-state index < -0.39 is 23.5 Å². The maximum Gasteiger partial charge on any atom is 0.416 e. The molecule has 0 heterocycles. The Balaban J connectivity index is 2.66. The van der Waals surface area contributed by atoms with Crippen molar-refractivity contribution in [3.05, 3.63) is 56.5 Å². The molecule has 0 unspecified atom stereocenters. The van der Waals surface area contributed by atoms with Gasteiger partial charge in [-0.3, -0.25) is 0 Å². The third-order valence-corrected chi connectivity index (χ3v) is 4.26. The van der Waals surface area contributed by atoms with Crippen LogP contribution in [0.2, 0.25) is 0 Å². The minimum absolute atomic E-state index is 0.0211. The molecule has 8 heteroatoms. The first-order chi connectivity index (χ1) is 10.00. The summed E-state index contributed by atoms with van der Waals surface area (Å²) in [5.74, 6) is 0. The van der Waals surface area contributed by atoms with Gasteiger partial charge in [0.15, 0.2) is 0 Å². The van der Waals surface area contributed by atoms with Gasteiger partial charge in [0.05, 0.1) is 11.1 Å². The lowest BCUT2D eigenvalue weighted by Crippen LogP contribution is -2.06. The lowest BCUT2D eigenvalue weighted by Gasteiger charge is -2.14. The minimum atomic E-state index is -4.58. The lowest BCUT2D eigenvalue weighted by molar-refractivity contribution is -0.138. The standard InChI is InChI=1S/C14H6Br2F6/c15-11-3-1-7(13(17,18)19)5-9(11)10-6-8(14(20,21)22)2-4-12(10)16/h1-6H. The van der Waals surface area contributed by atoms with Crippen molar-refractivity contribution < 1.29 is 26.3 Å². The summed E-state index contributed by atoms with van der Waals surface area (Å²) >= 11 is 6.15. The van der Waals surface area contributed by atoms with Crippen molar-refractivity contribution in [3.63, 3.8) is 0 Å². The molecule has 0 amide bonds. The normalized spacial score (nSPS) is 12.5. The average molecular weight is 448 g/mol. The van der Waals surface area contributed by atoms with Crippen molar-refractivity contribution in [2.45, 2.75) is 12.4 Å². The highest BCUT2D eigenvalue weighted by molar-refractivity contribution is 9.11. The third-order valence-electron chi connectivity index (χ3n) is 2.88. The highest BCUT2D eigenvalue weighted by atomic mass is 79.9. The Morgan fingerprint density at radius 1 is 0.591 bits per heavy atom. The lowest BCUT2D eigenvalue weighted by atomic mass is 10.0. The smallest absolute Gasteiger partial charge is 0.166 e. The SMILES string of the molecule is FC(F)(F)c1ccc(Br)c(-c2cc(C(F)(F)F)ccc2Br)c1. The Hall–Kier alpha value is -1.02. The van der Waals surface area contributed by atoms with Crippen molar-refractivity contribution in [3.8, 4) is 11.1 Å². The summed E-state index contributed by atoms with van der Waals surface area (Å²) in [7, 11) is 0. The van der Waals surface area contributed by atoms with Gasteiger partial charge in [-0.1, -0.05) is 31.9 Å². The number of halogens is 8. The molecule has 118 valence electrons. The van der Waals surface area contributed by atoms with Crippen LogP contribution in [-0.2, 0) is 12.4 Å². The predicted molar refractivity (Wildman–Crippen MR) is 77.3 cm³/mol. The molecule has 0 saturated heterocycles. The minimum Gasteiger partial charge on any atom is -0.166 e. The third kappa shape index (κ3) is 3.65. The van der Waals surface area contributed by atoms with E-state index in [0.29, 0.717) is 0 Å². The molecule has 0 bridgehead atoms. The molecule has 0 N–H and O–H groups in total. The first-order valence-corrected chi connectivity index (χ1v) is 7.32. The molecule has 0 saturated carbocycles. The van der Waals surface area contributed by atoms with Gasteiger partial charge in [0.1, 0.15) is 0 Å². The Morgan fingerprint density at radius 2 is 0.909 bits per heavy atom. The van der Waals surface area contributed by atoms with Crippen molar-refractivity contribution >= 4 is 31.9 Å². The summed E-state index contributed by atoms with van der Waals surface area (Å²) in [5.41, 5.74) is -1.83. The number of rotatable bonds is 1. The van der Waals surface area contributed by atoms with Crippen LogP contribution in [0.3, 0.4) is 0 Å². The monoisotopic (exact) mass is 446 g/mol. The molecule has 2 aromatic rings.